The zero-order valence-corrected chi connectivity index (χ0v) is 12.6. The van der Waals surface area contributed by atoms with Gasteiger partial charge in [-0.15, -0.1) is 0 Å². The van der Waals surface area contributed by atoms with Crippen LogP contribution in [-0.4, -0.2) is 4.98 Å². The zero-order chi connectivity index (χ0) is 15.5. The number of aromatic nitrogens is 1. The third-order valence-electron chi connectivity index (χ3n) is 3.88. The van der Waals surface area contributed by atoms with Gasteiger partial charge in [0.15, 0.2) is 0 Å². The molecular weight excluding hydrogens is 280 g/mol. The molecule has 3 aromatic carbocycles. The molecule has 0 saturated carbocycles. The van der Waals surface area contributed by atoms with Gasteiger partial charge in [0.2, 0.25) is 0 Å². The second kappa shape index (κ2) is 5.93. The fraction of sp³-hybridized carbons (Fsp3) is 0. The first kappa shape index (κ1) is 13.5. The second-order valence-corrected chi connectivity index (χ2v) is 5.48. The van der Waals surface area contributed by atoms with Crippen LogP contribution in [0.5, 0.6) is 0 Å². The Bertz CT molecular complexity index is 928. The molecule has 4 rings (SSSR count). The minimum Gasteiger partial charge on any atom is -0.356 e. The molecule has 0 amide bonds. The lowest BCUT2D eigenvalue weighted by molar-refractivity contribution is 1.33. The highest BCUT2D eigenvalue weighted by molar-refractivity contribution is 5.86. The summed E-state index contributed by atoms with van der Waals surface area (Å²) in [6.45, 7) is 0. The summed E-state index contributed by atoms with van der Waals surface area (Å²) in [5.41, 5.74) is 4.27. The van der Waals surface area contributed by atoms with Crippen molar-refractivity contribution in [2.75, 3.05) is 5.32 Å². The molecule has 0 aliphatic heterocycles. The lowest BCUT2D eigenvalue weighted by atomic mass is 10.1. The first-order chi connectivity index (χ1) is 11.4. The van der Waals surface area contributed by atoms with Crippen LogP contribution in [0.2, 0.25) is 0 Å². The third kappa shape index (κ3) is 2.92. The Hall–Kier alpha value is -3.13. The van der Waals surface area contributed by atoms with Crippen molar-refractivity contribution in [3.8, 4) is 11.3 Å². The summed E-state index contributed by atoms with van der Waals surface area (Å²) in [4.78, 5) is 4.38. The maximum absolute atomic E-state index is 4.38. The quantitative estimate of drug-likeness (QED) is 0.528. The van der Waals surface area contributed by atoms with Gasteiger partial charge < -0.3 is 5.32 Å². The minimum absolute atomic E-state index is 0.991. The smallest absolute Gasteiger partial charge is 0.0701 e. The van der Waals surface area contributed by atoms with Gasteiger partial charge in [0, 0.05) is 23.1 Å². The van der Waals surface area contributed by atoms with E-state index >= 15 is 0 Å². The number of fused-ring (bicyclic) bond motifs is 1. The lowest BCUT2D eigenvalue weighted by Gasteiger charge is -2.09. The van der Waals surface area contributed by atoms with Crippen LogP contribution in [0.15, 0.2) is 91.1 Å². The Morgan fingerprint density at radius 3 is 2.13 bits per heavy atom. The molecule has 1 N–H and O–H groups in total. The van der Waals surface area contributed by atoms with Gasteiger partial charge in [-0.25, -0.2) is 0 Å². The first-order valence-corrected chi connectivity index (χ1v) is 7.66. The van der Waals surface area contributed by atoms with Crippen molar-refractivity contribution in [1.29, 1.82) is 0 Å². The lowest BCUT2D eigenvalue weighted by Crippen LogP contribution is -1.90. The van der Waals surface area contributed by atoms with Gasteiger partial charge in [-0.3, -0.25) is 4.98 Å². The van der Waals surface area contributed by atoms with Crippen molar-refractivity contribution >= 4 is 22.1 Å². The van der Waals surface area contributed by atoms with Crippen molar-refractivity contribution in [3.63, 3.8) is 0 Å². The Morgan fingerprint density at radius 2 is 1.35 bits per heavy atom. The molecule has 1 heterocycles. The summed E-state index contributed by atoms with van der Waals surface area (Å²) < 4.78 is 0. The highest BCUT2D eigenvalue weighted by atomic mass is 14.9. The molecule has 0 atom stereocenters. The molecule has 0 radical (unpaired) electrons. The van der Waals surface area contributed by atoms with Crippen molar-refractivity contribution in [2.45, 2.75) is 0 Å². The van der Waals surface area contributed by atoms with E-state index in [0.717, 1.165) is 22.6 Å². The highest BCUT2D eigenvalue weighted by Crippen LogP contribution is 2.24. The average Bonchev–Trinajstić information content (AvgIpc) is 2.63. The molecule has 2 nitrogen and oxygen atoms in total. The fourth-order valence-corrected chi connectivity index (χ4v) is 2.69. The highest BCUT2D eigenvalue weighted by Gasteiger charge is 2.00. The number of pyridine rings is 1. The molecule has 110 valence electrons. The molecule has 23 heavy (non-hydrogen) atoms. The van der Waals surface area contributed by atoms with E-state index in [9.17, 15) is 0 Å². The summed E-state index contributed by atoms with van der Waals surface area (Å²) in [5, 5.41) is 5.95. The van der Waals surface area contributed by atoms with E-state index in [-0.39, 0.29) is 0 Å². The van der Waals surface area contributed by atoms with E-state index in [0.29, 0.717) is 0 Å². The van der Waals surface area contributed by atoms with Gasteiger partial charge in [-0.05, 0) is 47.2 Å². The molecule has 0 spiro atoms. The van der Waals surface area contributed by atoms with E-state index < -0.39 is 0 Å². The predicted molar refractivity (Wildman–Crippen MR) is 96.9 cm³/mol. The number of nitrogens with zero attached hydrogens (tertiary/aromatic N) is 1. The summed E-state index contributed by atoms with van der Waals surface area (Å²) in [7, 11) is 0. The van der Waals surface area contributed by atoms with E-state index in [1.807, 2.05) is 24.4 Å². The van der Waals surface area contributed by atoms with Crippen LogP contribution in [-0.2, 0) is 0 Å². The average molecular weight is 296 g/mol. The molecule has 0 unspecified atom stereocenters. The van der Waals surface area contributed by atoms with Crippen molar-refractivity contribution in [2.24, 2.45) is 0 Å². The number of rotatable bonds is 3. The number of anilines is 2. The van der Waals surface area contributed by atoms with Gasteiger partial charge in [0.05, 0.1) is 5.69 Å². The number of hydrogen-bond acceptors (Lipinski definition) is 2. The Kier molecular flexibility index (Phi) is 3.49. The zero-order valence-electron chi connectivity index (χ0n) is 12.6. The van der Waals surface area contributed by atoms with Crippen LogP contribution in [0.25, 0.3) is 22.0 Å². The van der Waals surface area contributed by atoms with Crippen LogP contribution < -0.4 is 5.32 Å². The molecule has 0 aliphatic rings. The number of benzene rings is 3. The molecule has 4 aromatic rings. The van der Waals surface area contributed by atoms with Crippen LogP contribution in [0, 0.1) is 0 Å². The fourth-order valence-electron chi connectivity index (χ4n) is 2.69. The minimum atomic E-state index is 0.991. The summed E-state index contributed by atoms with van der Waals surface area (Å²) in [6.07, 6.45) is 1.82. The van der Waals surface area contributed by atoms with Gasteiger partial charge in [-0.2, -0.15) is 0 Å². The van der Waals surface area contributed by atoms with Crippen LogP contribution in [0.3, 0.4) is 0 Å². The van der Waals surface area contributed by atoms with Crippen molar-refractivity contribution in [3.05, 3.63) is 91.1 Å². The molecule has 0 aliphatic carbocycles. The molecule has 2 heteroatoms. The normalized spacial score (nSPS) is 10.6. The largest absolute Gasteiger partial charge is 0.356 e. The van der Waals surface area contributed by atoms with Gasteiger partial charge in [0.1, 0.15) is 0 Å². The number of nitrogens with one attached hydrogen (secondary N) is 1. The topological polar surface area (TPSA) is 24.9 Å². The second-order valence-electron chi connectivity index (χ2n) is 5.48. The Labute approximate surface area is 135 Å². The van der Waals surface area contributed by atoms with Crippen LogP contribution in [0.4, 0.5) is 11.4 Å². The van der Waals surface area contributed by atoms with E-state index in [2.05, 4.69) is 77.0 Å². The summed E-state index contributed by atoms with van der Waals surface area (Å²) >= 11 is 0. The standard InChI is InChI=1S/C21H16N2/c1-2-6-18-15-20(13-8-16(18)5-1)23-19-11-9-17(10-12-19)21-7-3-4-14-22-21/h1-15,23H. The summed E-state index contributed by atoms with van der Waals surface area (Å²) in [5.74, 6) is 0. The third-order valence-corrected chi connectivity index (χ3v) is 3.88. The van der Waals surface area contributed by atoms with Crippen molar-refractivity contribution < 1.29 is 0 Å². The molecule has 1 aromatic heterocycles. The molecule has 0 fully saturated rings. The maximum Gasteiger partial charge on any atom is 0.0701 e. The van der Waals surface area contributed by atoms with E-state index in [1.54, 1.807) is 0 Å². The van der Waals surface area contributed by atoms with Crippen LogP contribution >= 0.6 is 0 Å². The Morgan fingerprint density at radius 1 is 0.609 bits per heavy atom. The van der Waals surface area contributed by atoms with Gasteiger partial charge >= 0.3 is 0 Å². The van der Waals surface area contributed by atoms with E-state index in [4.69, 9.17) is 0 Å². The molecule has 0 saturated heterocycles. The van der Waals surface area contributed by atoms with Gasteiger partial charge in [0.25, 0.3) is 0 Å². The number of hydrogen-bond donors (Lipinski definition) is 1. The maximum atomic E-state index is 4.38. The molecular formula is C21H16N2. The SMILES string of the molecule is c1ccc(-c2ccc(Nc3ccc4ccccc4c3)cc2)nc1. The summed E-state index contributed by atoms with van der Waals surface area (Å²) in [6, 6.07) is 29.1. The van der Waals surface area contributed by atoms with Crippen molar-refractivity contribution in [1.82, 2.24) is 4.98 Å². The van der Waals surface area contributed by atoms with Gasteiger partial charge in [-0.1, -0.05) is 48.5 Å². The Balaban J connectivity index is 1.58. The first-order valence-electron chi connectivity index (χ1n) is 7.66. The van der Waals surface area contributed by atoms with E-state index in [1.165, 1.54) is 10.8 Å². The molecule has 0 bridgehead atoms. The predicted octanol–water partition coefficient (Wildman–Crippen LogP) is 5.65. The van der Waals surface area contributed by atoms with Crippen LogP contribution in [0.1, 0.15) is 0 Å². The monoisotopic (exact) mass is 296 g/mol.